The van der Waals surface area contributed by atoms with E-state index in [1.165, 1.54) is 30.0 Å². The summed E-state index contributed by atoms with van der Waals surface area (Å²) in [7, 11) is 0. The Morgan fingerprint density at radius 3 is 2.71 bits per heavy atom. The van der Waals surface area contributed by atoms with Crippen LogP contribution in [-0.4, -0.2) is 21.1 Å². The third-order valence-corrected chi connectivity index (χ3v) is 5.12. The summed E-state index contributed by atoms with van der Waals surface area (Å²) >= 11 is 1.35. The van der Waals surface area contributed by atoms with Crippen molar-refractivity contribution in [2.45, 2.75) is 36.2 Å². The molecule has 0 radical (unpaired) electrons. The first-order valence-electron chi connectivity index (χ1n) is 7.77. The SMILES string of the molecule is NC(=O)C(Cc1ccc(F)cc1)SCc1cc(=O)[nH]c(C2CC2)n1. The van der Waals surface area contributed by atoms with E-state index in [2.05, 4.69) is 9.97 Å². The number of aromatic nitrogens is 2. The molecule has 1 aromatic carbocycles. The smallest absolute Gasteiger partial charge is 0.251 e. The van der Waals surface area contributed by atoms with Crippen LogP contribution in [0.5, 0.6) is 0 Å². The van der Waals surface area contributed by atoms with Crippen molar-refractivity contribution >= 4 is 17.7 Å². The Morgan fingerprint density at radius 2 is 2.08 bits per heavy atom. The van der Waals surface area contributed by atoms with Crippen LogP contribution in [0.1, 0.15) is 35.8 Å². The molecular weight excluding hydrogens is 329 g/mol. The minimum atomic E-state index is -0.457. The number of nitrogens with zero attached hydrogens (tertiary/aromatic N) is 1. The standard InChI is InChI=1S/C17H18FN3O2S/c18-12-5-1-10(2-6-12)7-14(16(19)23)24-9-13-8-15(22)21-17(20-13)11-3-4-11/h1-2,5-6,8,11,14H,3-4,7,9H2,(H2,19,23)(H,20,21,22). The van der Waals surface area contributed by atoms with E-state index in [-0.39, 0.29) is 11.4 Å². The quantitative estimate of drug-likeness (QED) is 0.803. The molecule has 1 atom stereocenters. The third kappa shape index (κ3) is 4.44. The van der Waals surface area contributed by atoms with Crippen LogP contribution in [0.2, 0.25) is 0 Å². The Balaban J connectivity index is 1.67. The number of hydrogen-bond donors (Lipinski definition) is 2. The van der Waals surface area contributed by atoms with Gasteiger partial charge in [-0.3, -0.25) is 9.59 Å². The predicted molar refractivity (Wildman–Crippen MR) is 91.2 cm³/mol. The maximum Gasteiger partial charge on any atom is 0.251 e. The largest absolute Gasteiger partial charge is 0.369 e. The molecule has 5 nitrogen and oxygen atoms in total. The number of thioether (sulfide) groups is 1. The van der Waals surface area contributed by atoms with Gasteiger partial charge in [0.2, 0.25) is 5.91 Å². The number of benzene rings is 1. The van der Waals surface area contributed by atoms with E-state index in [4.69, 9.17) is 5.73 Å². The molecule has 3 N–H and O–H groups in total. The van der Waals surface area contributed by atoms with Gasteiger partial charge in [-0.15, -0.1) is 11.8 Å². The molecule has 1 unspecified atom stereocenters. The van der Waals surface area contributed by atoms with Crippen molar-refractivity contribution in [3.05, 3.63) is 63.6 Å². The van der Waals surface area contributed by atoms with Crippen LogP contribution in [0.15, 0.2) is 35.1 Å². The highest BCUT2D eigenvalue weighted by molar-refractivity contribution is 7.99. The lowest BCUT2D eigenvalue weighted by molar-refractivity contribution is -0.117. The summed E-state index contributed by atoms with van der Waals surface area (Å²) in [6, 6.07) is 7.45. The minimum absolute atomic E-state index is 0.170. The lowest BCUT2D eigenvalue weighted by atomic mass is 10.1. The Morgan fingerprint density at radius 1 is 1.38 bits per heavy atom. The number of carbonyl (C=O) groups excluding carboxylic acids is 1. The Labute approximate surface area is 142 Å². The first kappa shape index (κ1) is 16.7. The van der Waals surface area contributed by atoms with Gasteiger partial charge in [-0.1, -0.05) is 12.1 Å². The molecule has 3 rings (SSSR count). The lowest BCUT2D eigenvalue weighted by Crippen LogP contribution is -2.28. The van der Waals surface area contributed by atoms with Crippen LogP contribution in [0.3, 0.4) is 0 Å². The van der Waals surface area contributed by atoms with Gasteiger partial charge in [-0.25, -0.2) is 9.37 Å². The van der Waals surface area contributed by atoms with Crippen LogP contribution >= 0.6 is 11.8 Å². The van der Waals surface area contributed by atoms with E-state index < -0.39 is 11.2 Å². The minimum Gasteiger partial charge on any atom is -0.369 e. The predicted octanol–water partition coefficient (Wildman–Crippen LogP) is 2.12. The highest BCUT2D eigenvalue weighted by Crippen LogP contribution is 2.37. The number of hydrogen-bond acceptors (Lipinski definition) is 4. The van der Waals surface area contributed by atoms with E-state index in [1.54, 1.807) is 12.1 Å². The summed E-state index contributed by atoms with van der Waals surface area (Å²) in [4.78, 5) is 30.6. The van der Waals surface area contributed by atoms with Crippen LogP contribution in [0.4, 0.5) is 4.39 Å². The van der Waals surface area contributed by atoms with E-state index in [1.807, 2.05) is 0 Å². The van der Waals surface area contributed by atoms with Crippen molar-refractivity contribution in [1.82, 2.24) is 9.97 Å². The first-order chi connectivity index (χ1) is 11.5. The molecule has 24 heavy (non-hydrogen) atoms. The highest BCUT2D eigenvalue weighted by Gasteiger charge is 2.26. The number of halogens is 1. The molecule has 126 valence electrons. The van der Waals surface area contributed by atoms with Gasteiger partial charge < -0.3 is 10.7 Å². The van der Waals surface area contributed by atoms with Crippen molar-refractivity contribution in [3.8, 4) is 0 Å². The van der Waals surface area contributed by atoms with Crippen molar-refractivity contribution in [2.24, 2.45) is 5.73 Å². The average Bonchev–Trinajstić information content (AvgIpc) is 3.37. The number of rotatable bonds is 7. The molecular formula is C17H18FN3O2S. The summed E-state index contributed by atoms with van der Waals surface area (Å²) in [6.07, 6.45) is 2.51. The maximum absolute atomic E-state index is 13.0. The molecule has 1 saturated carbocycles. The number of amides is 1. The highest BCUT2D eigenvalue weighted by atomic mass is 32.2. The molecule has 1 heterocycles. The number of nitrogens with two attached hydrogens (primary N) is 1. The second-order valence-electron chi connectivity index (χ2n) is 5.93. The average molecular weight is 347 g/mol. The van der Waals surface area contributed by atoms with E-state index in [9.17, 15) is 14.0 Å². The van der Waals surface area contributed by atoms with Crippen molar-refractivity contribution in [3.63, 3.8) is 0 Å². The van der Waals surface area contributed by atoms with Crippen LogP contribution in [0, 0.1) is 5.82 Å². The molecule has 0 saturated heterocycles. The van der Waals surface area contributed by atoms with Crippen LogP contribution in [-0.2, 0) is 17.0 Å². The second-order valence-corrected chi connectivity index (χ2v) is 7.12. The van der Waals surface area contributed by atoms with Gasteiger partial charge in [0, 0.05) is 17.7 Å². The topological polar surface area (TPSA) is 88.8 Å². The van der Waals surface area contributed by atoms with Gasteiger partial charge in [0.1, 0.15) is 11.6 Å². The fourth-order valence-corrected chi connectivity index (χ4v) is 3.41. The summed E-state index contributed by atoms with van der Waals surface area (Å²) in [6.45, 7) is 0. The monoisotopic (exact) mass is 347 g/mol. The van der Waals surface area contributed by atoms with Crippen LogP contribution < -0.4 is 11.3 Å². The van der Waals surface area contributed by atoms with Gasteiger partial charge in [0.05, 0.1) is 10.9 Å². The summed E-state index contributed by atoms with van der Waals surface area (Å²) in [5.74, 6) is 0.762. The Bertz CT molecular complexity index is 787. The zero-order valence-electron chi connectivity index (χ0n) is 13.0. The molecule has 1 fully saturated rings. The molecule has 0 aliphatic heterocycles. The first-order valence-corrected chi connectivity index (χ1v) is 8.81. The van der Waals surface area contributed by atoms with Crippen molar-refractivity contribution in [1.29, 1.82) is 0 Å². The van der Waals surface area contributed by atoms with Gasteiger partial charge in [0.15, 0.2) is 0 Å². The number of primary amides is 1. The van der Waals surface area contributed by atoms with Gasteiger partial charge in [-0.05, 0) is 37.0 Å². The van der Waals surface area contributed by atoms with Crippen molar-refractivity contribution < 1.29 is 9.18 Å². The van der Waals surface area contributed by atoms with Crippen molar-refractivity contribution in [2.75, 3.05) is 0 Å². The molecule has 1 aliphatic carbocycles. The third-order valence-electron chi connectivity index (χ3n) is 3.86. The molecule has 7 heteroatoms. The van der Waals surface area contributed by atoms with E-state index >= 15 is 0 Å². The summed E-state index contributed by atoms with van der Waals surface area (Å²) < 4.78 is 13.0. The number of nitrogens with one attached hydrogen (secondary N) is 1. The second kappa shape index (κ2) is 7.17. The molecule has 2 aromatic rings. The molecule has 0 bridgehead atoms. The molecule has 1 aromatic heterocycles. The Kier molecular flexibility index (Phi) is 4.99. The maximum atomic E-state index is 13.0. The summed E-state index contributed by atoms with van der Waals surface area (Å²) in [5, 5.41) is -0.457. The van der Waals surface area contributed by atoms with Gasteiger partial charge in [0.25, 0.3) is 5.56 Å². The Hall–Kier alpha value is -2.15. The number of carbonyl (C=O) groups is 1. The zero-order valence-corrected chi connectivity index (χ0v) is 13.8. The molecule has 1 amide bonds. The van der Waals surface area contributed by atoms with Gasteiger partial charge in [-0.2, -0.15) is 0 Å². The van der Waals surface area contributed by atoms with Crippen LogP contribution in [0.25, 0.3) is 0 Å². The summed E-state index contributed by atoms with van der Waals surface area (Å²) in [5.41, 5.74) is 6.79. The lowest BCUT2D eigenvalue weighted by Gasteiger charge is -2.13. The van der Waals surface area contributed by atoms with E-state index in [0.717, 1.165) is 24.2 Å². The number of aromatic amines is 1. The normalized spacial score (nSPS) is 15.2. The number of H-pyrrole nitrogens is 1. The molecule has 0 spiro atoms. The molecule has 1 aliphatic rings. The zero-order chi connectivity index (χ0) is 17.1. The van der Waals surface area contributed by atoms with Gasteiger partial charge >= 0.3 is 0 Å². The fraction of sp³-hybridized carbons (Fsp3) is 0.353. The fourth-order valence-electron chi connectivity index (χ4n) is 2.41. The van der Waals surface area contributed by atoms with E-state index in [0.29, 0.717) is 23.8 Å².